The van der Waals surface area contributed by atoms with Crippen molar-refractivity contribution < 1.29 is 0 Å². The number of nitrogens with one attached hydrogen (secondary N) is 1. The Morgan fingerprint density at radius 1 is 1.22 bits per heavy atom. The molecule has 0 saturated heterocycles. The molecule has 2 heterocycles. The second kappa shape index (κ2) is 6.20. The summed E-state index contributed by atoms with van der Waals surface area (Å²) in [4.78, 5) is 4.66. The summed E-state index contributed by atoms with van der Waals surface area (Å²) in [6, 6.07) is 9.80. The maximum atomic E-state index is 6.12. The first-order valence-electron chi connectivity index (χ1n) is 7.82. The lowest BCUT2D eigenvalue weighted by Crippen LogP contribution is -2.12. The standard InChI is InChI=1S/C18H21ClN4/c1-11(2)10-20-16-8-12(3)21-18-13(4)17(22-23(16)18)14-6-5-7-15(19)9-14/h5-9,11,20H,10H2,1-4H3. The Morgan fingerprint density at radius 2 is 2.00 bits per heavy atom. The van der Waals surface area contributed by atoms with E-state index in [0.29, 0.717) is 10.9 Å². The molecule has 3 aromatic rings. The van der Waals surface area contributed by atoms with Gasteiger partial charge < -0.3 is 5.32 Å². The number of hydrogen-bond acceptors (Lipinski definition) is 3. The number of halogens is 1. The van der Waals surface area contributed by atoms with Crippen molar-refractivity contribution in [3.63, 3.8) is 0 Å². The van der Waals surface area contributed by atoms with Crippen LogP contribution in [0.1, 0.15) is 25.1 Å². The molecule has 4 nitrogen and oxygen atoms in total. The molecule has 1 N–H and O–H groups in total. The summed E-state index contributed by atoms with van der Waals surface area (Å²) >= 11 is 6.12. The molecule has 0 amide bonds. The molecule has 0 aliphatic rings. The third kappa shape index (κ3) is 3.17. The number of nitrogens with zero attached hydrogens (tertiary/aromatic N) is 3. The predicted octanol–water partition coefficient (Wildman–Crippen LogP) is 4.73. The maximum absolute atomic E-state index is 6.12. The van der Waals surface area contributed by atoms with Gasteiger partial charge in [-0.1, -0.05) is 37.6 Å². The van der Waals surface area contributed by atoms with E-state index in [1.165, 1.54) is 0 Å². The number of aromatic nitrogens is 3. The van der Waals surface area contributed by atoms with Crippen LogP contribution in [-0.2, 0) is 0 Å². The monoisotopic (exact) mass is 328 g/mol. The van der Waals surface area contributed by atoms with Crippen LogP contribution in [0, 0.1) is 19.8 Å². The van der Waals surface area contributed by atoms with Gasteiger partial charge >= 0.3 is 0 Å². The largest absolute Gasteiger partial charge is 0.370 e. The number of fused-ring (bicyclic) bond motifs is 1. The Bertz CT molecular complexity index is 852. The average Bonchev–Trinajstić information content (AvgIpc) is 2.82. The van der Waals surface area contributed by atoms with Crippen molar-refractivity contribution in [1.82, 2.24) is 14.6 Å². The van der Waals surface area contributed by atoms with Crippen molar-refractivity contribution in [2.75, 3.05) is 11.9 Å². The molecule has 0 spiro atoms. The van der Waals surface area contributed by atoms with Gasteiger partial charge in [0.15, 0.2) is 5.65 Å². The maximum Gasteiger partial charge on any atom is 0.161 e. The Balaban J connectivity index is 2.15. The van der Waals surface area contributed by atoms with Crippen LogP contribution in [0.3, 0.4) is 0 Å². The fraction of sp³-hybridized carbons (Fsp3) is 0.333. The van der Waals surface area contributed by atoms with Crippen LogP contribution in [0.4, 0.5) is 5.82 Å². The summed E-state index contributed by atoms with van der Waals surface area (Å²) in [5.74, 6) is 1.53. The van der Waals surface area contributed by atoms with E-state index in [0.717, 1.165) is 40.5 Å². The van der Waals surface area contributed by atoms with E-state index in [4.69, 9.17) is 16.7 Å². The molecule has 5 heteroatoms. The van der Waals surface area contributed by atoms with Gasteiger partial charge in [-0.2, -0.15) is 9.61 Å². The van der Waals surface area contributed by atoms with Crippen LogP contribution in [0.5, 0.6) is 0 Å². The van der Waals surface area contributed by atoms with Crippen LogP contribution in [-0.4, -0.2) is 21.1 Å². The number of hydrogen-bond donors (Lipinski definition) is 1. The van der Waals surface area contributed by atoms with Gasteiger partial charge in [0.2, 0.25) is 0 Å². The summed E-state index contributed by atoms with van der Waals surface area (Å²) in [5, 5.41) is 8.95. The Kier molecular flexibility index (Phi) is 4.26. The molecule has 1 aromatic carbocycles. The lowest BCUT2D eigenvalue weighted by molar-refractivity contribution is 0.683. The SMILES string of the molecule is Cc1cc(NCC(C)C)n2nc(-c3cccc(Cl)c3)c(C)c2n1. The lowest BCUT2D eigenvalue weighted by atomic mass is 10.1. The Labute approximate surface area is 141 Å². The second-order valence-corrected chi connectivity index (χ2v) is 6.71. The van der Waals surface area contributed by atoms with Crippen molar-refractivity contribution in [2.24, 2.45) is 5.92 Å². The van der Waals surface area contributed by atoms with Crippen LogP contribution >= 0.6 is 11.6 Å². The van der Waals surface area contributed by atoms with E-state index in [-0.39, 0.29) is 0 Å². The van der Waals surface area contributed by atoms with Crippen molar-refractivity contribution in [2.45, 2.75) is 27.7 Å². The third-order valence-corrected chi connectivity index (χ3v) is 3.97. The topological polar surface area (TPSA) is 42.2 Å². The molecule has 3 rings (SSSR count). The van der Waals surface area contributed by atoms with Gasteiger partial charge in [0, 0.05) is 34.5 Å². The van der Waals surface area contributed by atoms with E-state index in [1.54, 1.807) is 0 Å². The van der Waals surface area contributed by atoms with Gasteiger partial charge in [-0.15, -0.1) is 0 Å². The molecule has 0 bridgehead atoms. The first kappa shape index (κ1) is 15.8. The molecular weight excluding hydrogens is 308 g/mol. The van der Waals surface area contributed by atoms with Crippen molar-refractivity contribution >= 4 is 23.1 Å². The van der Waals surface area contributed by atoms with Gasteiger partial charge in [0.1, 0.15) is 5.82 Å². The lowest BCUT2D eigenvalue weighted by Gasteiger charge is -2.11. The quantitative estimate of drug-likeness (QED) is 0.752. The molecule has 0 atom stereocenters. The Hall–Kier alpha value is -2.07. The summed E-state index contributed by atoms with van der Waals surface area (Å²) < 4.78 is 1.89. The Morgan fingerprint density at radius 3 is 2.70 bits per heavy atom. The molecule has 0 saturated carbocycles. The van der Waals surface area contributed by atoms with Gasteiger partial charge in [-0.25, -0.2) is 4.98 Å². The average molecular weight is 329 g/mol. The van der Waals surface area contributed by atoms with Crippen LogP contribution in [0.25, 0.3) is 16.9 Å². The molecule has 120 valence electrons. The van der Waals surface area contributed by atoms with Crippen LogP contribution in [0.2, 0.25) is 5.02 Å². The van der Waals surface area contributed by atoms with E-state index < -0.39 is 0 Å². The third-order valence-electron chi connectivity index (χ3n) is 3.74. The molecule has 23 heavy (non-hydrogen) atoms. The molecule has 0 aliphatic heterocycles. The highest BCUT2D eigenvalue weighted by Crippen LogP contribution is 2.28. The summed E-state index contributed by atoms with van der Waals surface area (Å²) in [6.07, 6.45) is 0. The van der Waals surface area contributed by atoms with E-state index >= 15 is 0 Å². The molecule has 0 radical (unpaired) electrons. The van der Waals surface area contributed by atoms with Crippen LogP contribution < -0.4 is 5.32 Å². The number of aryl methyl sites for hydroxylation is 2. The fourth-order valence-electron chi connectivity index (χ4n) is 2.59. The molecule has 0 aliphatic carbocycles. The molecule has 0 unspecified atom stereocenters. The molecular formula is C18H21ClN4. The highest BCUT2D eigenvalue weighted by atomic mass is 35.5. The second-order valence-electron chi connectivity index (χ2n) is 6.28. The van der Waals surface area contributed by atoms with Gasteiger partial charge in [0.05, 0.1) is 5.69 Å². The first-order valence-corrected chi connectivity index (χ1v) is 8.20. The van der Waals surface area contributed by atoms with Gasteiger partial charge in [-0.05, 0) is 31.9 Å². The highest BCUT2D eigenvalue weighted by Gasteiger charge is 2.15. The summed E-state index contributed by atoms with van der Waals surface area (Å²) in [5.41, 5.74) is 4.84. The highest BCUT2D eigenvalue weighted by molar-refractivity contribution is 6.30. The van der Waals surface area contributed by atoms with Gasteiger partial charge in [-0.3, -0.25) is 0 Å². The number of benzene rings is 1. The zero-order valence-corrected chi connectivity index (χ0v) is 14.6. The summed E-state index contributed by atoms with van der Waals surface area (Å²) in [6.45, 7) is 9.32. The van der Waals surface area contributed by atoms with E-state index in [9.17, 15) is 0 Å². The minimum atomic E-state index is 0.558. The molecule has 0 fully saturated rings. The minimum absolute atomic E-state index is 0.558. The zero-order valence-electron chi connectivity index (χ0n) is 13.9. The number of rotatable bonds is 4. The first-order chi connectivity index (χ1) is 11.0. The fourth-order valence-corrected chi connectivity index (χ4v) is 2.78. The van der Waals surface area contributed by atoms with Crippen LogP contribution in [0.15, 0.2) is 30.3 Å². The van der Waals surface area contributed by atoms with Crippen molar-refractivity contribution in [1.29, 1.82) is 0 Å². The zero-order chi connectivity index (χ0) is 16.6. The van der Waals surface area contributed by atoms with Crippen molar-refractivity contribution in [3.8, 4) is 11.3 Å². The van der Waals surface area contributed by atoms with Crippen molar-refractivity contribution in [3.05, 3.63) is 46.6 Å². The van der Waals surface area contributed by atoms with E-state index in [1.807, 2.05) is 41.8 Å². The van der Waals surface area contributed by atoms with E-state index in [2.05, 4.69) is 31.1 Å². The molecule has 2 aromatic heterocycles. The summed E-state index contributed by atoms with van der Waals surface area (Å²) in [7, 11) is 0. The predicted molar refractivity (Wildman–Crippen MR) is 96.2 cm³/mol. The van der Waals surface area contributed by atoms with Gasteiger partial charge in [0.25, 0.3) is 0 Å². The number of anilines is 1. The normalized spacial score (nSPS) is 11.4. The smallest absolute Gasteiger partial charge is 0.161 e. The minimum Gasteiger partial charge on any atom is -0.370 e.